The number of hydrogen-bond donors (Lipinski definition) is 0. The summed E-state index contributed by atoms with van der Waals surface area (Å²) in [6.45, 7) is 7.04. The molecule has 4 heteroatoms. The van der Waals surface area contributed by atoms with Gasteiger partial charge in [0.25, 0.3) is 0 Å². The van der Waals surface area contributed by atoms with Gasteiger partial charge in [-0.3, -0.25) is 4.90 Å². The smallest absolute Gasteiger partial charge is 0.107 e. The molecule has 1 aliphatic rings. The molecular formula is C16H20N2OS. The summed E-state index contributed by atoms with van der Waals surface area (Å²) < 4.78 is 6.07. The van der Waals surface area contributed by atoms with Gasteiger partial charge in [-0.1, -0.05) is 30.3 Å². The maximum atomic E-state index is 6.07. The summed E-state index contributed by atoms with van der Waals surface area (Å²) in [6, 6.07) is 10.5. The van der Waals surface area contributed by atoms with Gasteiger partial charge in [-0.05, 0) is 19.4 Å². The van der Waals surface area contributed by atoms with Gasteiger partial charge in [0.2, 0.25) is 0 Å². The molecule has 1 aromatic carbocycles. The van der Waals surface area contributed by atoms with E-state index in [-0.39, 0.29) is 11.6 Å². The minimum absolute atomic E-state index is 0.0525. The fourth-order valence-electron chi connectivity index (χ4n) is 2.54. The molecule has 3 rings (SSSR count). The van der Waals surface area contributed by atoms with E-state index in [1.165, 1.54) is 10.6 Å². The molecule has 0 radical (unpaired) electrons. The Bertz CT molecular complexity index is 539. The molecule has 1 saturated heterocycles. The quantitative estimate of drug-likeness (QED) is 0.864. The maximum Gasteiger partial charge on any atom is 0.107 e. The van der Waals surface area contributed by atoms with Crippen LogP contribution in [0.25, 0.3) is 0 Å². The molecule has 1 aromatic heterocycles. The van der Waals surface area contributed by atoms with Crippen molar-refractivity contribution in [2.45, 2.75) is 32.0 Å². The third-order valence-electron chi connectivity index (χ3n) is 3.86. The van der Waals surface area contributed by atoms with Gasteiger partial charge in [-0.15, -0.1) is 11.3 Å². The molecule has 1 fully saturated rings. The van der Waals surface area contributed by atoms with E-state index in [0.29, 0.717) is 0 Å². The Hall–Kier alpha value is -1.23. The van der Waals surface area contributed by atoms with Crippen LogP contribution in [0.15, 0.2) is 41.9 Å². The first-order valence-electron chi connectivity index (χ1n) is 6.95. The third-order valence-corrected chi connectivity index (χ3v) is 4.63. The van der Waals surface area contributed by atoms with E-state index in [2.05, 4.69) is 48.0 Å². The fraction of sp³-hybridized carbons (Fsp3) is 0.438. The van der Waals surface area contributed by atoms with Gasteiger partial charge in [-0.2, -0.15) is 0 Å². The molecule has 0 bridgehead atoms. The number of aromatic nitrogens is 1. The molecule has 3 nitrogen and oxygen atoms in total. The molecule has 1 aliphatic heterocycles. The number of benzene rings is 1. The number of nitrogens with zero attached hydrogens (tertiary/aromatic N) is 2. The molecule has 0 spiro atoms. The Morgan fingerprint density at radius 1 is 1.35 bits per heavy atom. The van der Waals surface area contributed by atoms with Crippen LogP contribution in [-0.4, -0.2) is 28.6 Å². The lowest BCUT2D eigenvalue weighted by molar-refractivity contribution is -0.104. The monoisotopic (exact) mass is 288 g/mol. The lowest BCUT2D eigenvalue weighted by Gasteiger charge is -2.45. The normalized spacial score (nSPS) is 22.8. The first kappa shape index (κ1) is 13.7. The van der Waals surface area contributed by atoms with Crippen molar-refractivity contribution in [1.82, 2.24) is 9.88 Å². The summed E-state index contributed by atoms with van der Waals surface area (Å²) in [6.07, 6.45) is 2.03. The second kappa shape index (κ2) is 5.64. The Balaban J connectivity index is 1.76. The Morgan fingerprint density at radius 2 is 2.15 bits per heavy atom. The van der Waals surface area contributed by atoms with E-state index in [9.17, 15) is 0 Å². The van der Waals surface area contributed by atoms with Gasteiger partial charge in [0.15, 0.2) is 0 Å². The first-order chi connectivity index (χ1) is 9.65. The Morgan fingerprint density at radius 3 is 2.85 bits per heavy atom. The highest BCUT2D eigenvalue weighted by Gasteiger charge is 2.35. The lowest BCUT2D eigenvalue weighted by Crippen LogP contribution is -2.53. The van der Waals surface area contributed by atoms with Gasteiger partial charge in [-0.25, -0.2) is 4.98 Å². The minimum atomic E-state index is 0.0525. The highest BCUT2D eigenvalue weighted by Crippen LogP contribution is 2.31. The van der Waals surface area contributed by atoms with Crippen LogP contribution in [-0.2, 0) is 11.3 Å². The van der Waals surface area contributed by atoms with Crippen LogP contribution in [0.1, 0.15) is 30.5 Å². The fourth-order valence-corrected chi connectivity index (χ4v) is 3.17. The zero-order chi connectivity index (χ0) is 14.0. The molecule has 0 unspecified atom stereocenters. The van der Waals surface area contributed by atoms with Crippen molar-refractivity contribution >= 4 is 11.3 Å². The SMILES string of the molecule is CC1(C)CO[C@@H](c2ccccc2)CN1Cc1nccs1. The van der Waals surface area contributed by atoms with E-state index in [1.54, 1.807) is 11.3 Å². The van der Waals surface area contributed by atoms with Crippen molar-refractivity contribution in [2.24, 2.45) is 0 Å². The average Bonchev–Trinajstić information content (AvgIpc) is 2.95. The molecule has 0 N–H and O–H groups in total. The predicted octanol–water partition coefficient (Wildman–Crippen LogP) is 3.50. The molecule has 0 aliphatic carbocycles. The van der Waals surface area contributed by atoms with Crippen molar-refractivity contribution in [3.63, 3.8) is 0 Å². The summed E-state index contributed by atoms with van der Waals surface area (Å²) in [5, 5.41) is 3.21. The summed E-state index contributed by atoms with van der Waals surface area (Å²) in [5.41, 5.74) is 1.31. The van der Waals surface area contributed by atoms with Gasteiger partial charge < -0.3 is 4.74 Å². The topological polar surface area (TPSA) is 25.4 Å². The van der Waals surface area contributed by atoms with Crippen molar-refractivity contribution in [3.8, 4) is 0 Å². The van der Waals surface area contributed by atoms with Crippen molar-refractivity contribution < 1.29 is 4.74 Å². The summed E-state index contributed by atoms with van der Waals surface area (Å²) in [5.74, 6) is 0. The standard InChI is InChI=1S/C16H20N2OS/c1-16(2)12-19-14(13-6-4-3-5-7-13)10-18(16)11-15-17-8-9-20-15/h3-9,14H,10-12H2,1-2H3/t14-/m1/s1. The van der Waals surface area contributed by atoms with Gasteiger partial charge in [0, 0.05) is 23.7 Å². The number of morpholine rings is 1. The second-order valence-electron chi connectivity index (χ2n) is 5.83. The van der Waals surface area contributed by atoms with Gasteiger partial charge in [0.1, 0.15) is 5.01 Å². The highest BCUT2D eigenvalue weighted by molar-refractivity contribution is 7.09. The van der Waals surface area contributed by atoms with Gasteiger partial charge >= 0.3 is 0 Å². The van der Waals surface area contributed by atoms with Gasteiger partial charge in [0.05, 0.1) is 19.3 Å². The van der Waals surface area contributed by atoms with Crippen molar-refractivity contribution in [2.75, 3.05) is 13.2 Å². The first-order valence-corrected chi connectivity index (χ1v) is 7.83. The van der Waals surface area contributed by atoms with E-state index < -0.39 is 0 Å². The second-order valence-corrected chi connectivity index (χ2v) is 6.81. The third kappa shape index (κ3) is 2.92. The molecule has 2 heterocycles. The summed E-state index contributed by atoms with van der Waals surface area (Å²) in [4.78, 5) is 6.89. The van der Waals surface area contributed by atoms with E-state index in [0.717, 1.165) is 19.7 Å². The number of ether oxygens (including phenoxy) is 1. The molecule has 0 amide bonds. The van der Waals surface area contributed by atoms with Crippen LogP contribution >= 0.6 is 11.3 Å². The largest absolute Gasteiger partial charge is 0.370 e. The van der Waals surface area contributed by atoms with Crippen LogP contribution in [0.2, 0.25) is 0 Å². The molecule has 20 heavy (non-hydrogen) atoms. The Kier molecular flexibility index (Phi) is 3.87. The van der Waals surface area contributed by atoms with Crippen LogP contribution in [0, 0.1) is 0 Å². The van der Waals surface area contributed by atoms with Crippen LogP contribution in [0.4, 0.5) is 0 Å². The molecule has 1 atom stereocenters. The van der Waals surface area contributed by atoms with E-state index in [4.69, 9.17) is 4.74 Å². The molecule has 2 aromatic rings. The van der Waals surface area contributed by atoms with Crippen molar-refractivity contribution in [3.05, 3.63) is 52.5 Å². The number of rotatable bonds is 3. The van der Waals surface area contributed by atoms with Crippen LogP contribution in [0.3, 0.4) is 0 Å². The number of hydrogen-bond acceptors (Lipinski definition) is 4. The molecular weight excluding hydrogens is 268 g/mol. The molecule has 0 saturated carbocycles. The van der Waals surface area contributed by atoms with E-state index in [1.807, 2.05) is 17.6 Å². The zero-order valence-electron chi connectivity index (χ0n) is 12.0. The average molecular weight is 288 g/mol. The number of thiazole rings is 1. The predicted molar refractivity (Wildman–Crippen MR) is 81.7 cm³/mol. The maximum absolute atomic E-state index is 6.07. The van der Waals surface area contributed by atoms with E-state index >= 15 is 0 Å². The van der Waals surface area contributed by atoms with Crippen LogP contribution < -0.4 is 0 Å². The Labute approximate surface area is 124 Å². The van der Waals surface area contributed by atoms with Crippen molar-refractivity contribution in [1.29, 1.82) is 0 Å². The highest BCUT2D eigenvalue weighted by atomic mass is 32.1. The zero-order valence-corrected chi connectivity index (χ0v) is 12.8. The molecule has 106 valence electrons. The van der Waals surface area contributed by atoms with Crippen LogP contribution in [0.5, 0.6) is 0 Å². The summed E-state index contributed by atoms with van der Waals surface area (Å²) in [7, 11) is 0. The summed E-state index contributed by atoms with van der Waals surface area (Å²) >= 11 is 1.72. The minimum Gasteiger partial charge on any atom is -0.370 e. The lowest BCUT2D eigenvalue weighted by atomic mass is 9.98.